The van der Waals surface area contributed by atoms with Crippen LogP contribution in [0, 0.1) is 0 Å². The average Bonchev–Trinajstić information content (AvgIpc) is 3.05. The zero-order chi connectivity index (χ0) is 26.4. The summed E-state index contributed by atoms with van der Waals surface area (Å²) in [7, 11) is 3.17. The van der Waals surface area contributed by atoms with E-state index in [9.17, 15) is 40.9 Å². The van der Waals surface area contributed by atoms with Crippen LogP contribution in [0.2, 0.25) is 0 Å². The molecule has 15 unspecified atom stereocenters. The highest BCUT2D eigenvalue weighted by Crippen LogP contribution is 2.38. The van der Waals surface area contributed by atoms with Gasteiger partial charge in [-0.25, -0.2) is 0 Å². The smallest absolute Gasteiger partial charge is 0.187 e. The molecule has 15 nitrogen and oxygen atoms in total. The van der Waals surface area contributed by atoms with Crippen molar-refractivity contribution in [3.63, 3.8) is 0 Å². The predicted molar refractivity (Wildman–Crippen MR) is 115 cm³/mol. The second-order valence-electron chi connectivity index (χ2n) is 9.74. The molecule has 0 radical (unpaired) electrons. The highest BCUT2D eigenvalue weighted by Gasteiger charge is 2.60. The highest BCUT2D eigenvalue weighted by molar-refractivity contribution is 5.06. The van der Waals surface area contributed by atoms with E-state index in [1.54, 1.807) is 14.1 Å². The Labute approximate surface area is 202 Å². The van der Waals surface area contributed by atoms with E-state index in [1.165, 1.54) is 11.8 Å². The van der Waals surface area contributed by atoms with Gasteiger partial charge in [0, 0.05) is 0 Å². The molecule has 0 spiro atoms. The molecule has 0 aromatic heterocycles. The molecule has 2 heterocycles. The van der Waals surface area contributed by atoms with Crippen LogP contribution in [0.4, 0.5) is 0 Å². The molecular formula is C20H39N3O12. The topological polar surface area (TPSA) is 254 Å². The summed E-state index contributed by atoms with van der Waals surface area (Å²) >= 11 is 0. The summed E-state index contributed by atoms with van der Waals surface area (Å²) in [5.41, 5.74) is 9.62. The summed E-state index contributed by atoms with van der Waals surface area (Å²) in [5, 5.41) is 82.5. The number of aliphatic hydroxyl groups is 8. The first-order chi connectivity index (χ1) is 16.3. The van der Waals surface area contributed by atoms with Gasteiger partial charge in [-0.1, -0.05) is 0 Å². The fourth-order valence-corrected chi connectivity index (χ4v) is 4.86. The summed E-state index contributed by atoms with van der Waals surface area (Å²) in [5.74, 6) is 0. The van der Waals surface area contributed by atoms with Gasteiger partial charge in [-0.15, -0.1) is 0 Å². The summed E-state index contributed by atoms with van der Waals surface area (Å²) in [6.45, 7) is -0.0474. The van der Waals surface area contributed by atoms with E-state index in [0.717, 1.165) is 0 Å². The van der Waals surface area contributed by atoms with Gasteiger partial charge in [0.2, 0.25) is 0 Å². The highest BCUT2D eigenvalue weighted by atomic mass is 16.8. The van der Waals surface area contributed by atoms with Crippen LogP contribution in [0.25, 0.3) is 0 Å². The number of nitrogens with zero attached hydrogens (tertiary/aromatic N) is 1. The summed E-state index contributed by atoms with van der Waals surface area (Å²) in [6.07, 6.45) is -15.5. The van der Waals surface area contributed by atoms with Crippen LogP contribution < -0.4 is 11.5 Å². The second kappa shape index (κ2) is 11.0. The number of ether oxygens (including phenoxy) is 4. The molecule has 0 amide bonds. The minimum Gasteiger partial charge on any atom is -0.394 e. The second-order valence-corrected chi connectivity index (χ2v) is 9.74. The van der Waals surface area contributed by atoms with Gasteiger partial charge in [-0.2, -0.15) is 0 Å². The molecular weight excluding hydrogens is 474 g/mol. The Morgan fingerprint density at radius 2 is 1.46 bits per heavy atom. The van der Waals surface area contributed by atoms with E-state index in [1.807, 2.05) is 0 Å². The maximum Gasteiger partial charge on any atom is 0.187 e. The van der Waals surface area contributed by atoms with Gasteiger partial charge in [0.05, 0.1) is 43.5 Å². The first-order valence-electron chi connectivity index (χ1n) is 11.4. The number of nitrogens with two attached hydrogens (primary N) is 2. The zero-order valence-electron chi connectivity index (χ0n) is 19.8. The summed E-state index contributed by atoms with van der Waals surface area (Å²) in [6, 6.07) is -3.46. The zero-order valence-corrected chi connectivity index (χ0v) is 19.8. The predicted octanol–water partition coefficient (Wildman–Crippen LogP) is -6.65. The maximum absolute atomic E-state index is 11.2. The van der Waals surface area contributed by atoms with Crippen molar-refractivity contribution in [1.82, 2.24) is 4.90 Å². The van der Waals surface area contributed by atoms with Crippen molar-refractivity contribution >= 4 is 0 Å². The average molecular weight is 514 g/mol. The molecule has 3 aliphatic rings. The Kier molecular flexibility index (Phi) is 9.12. The summed E-state index contributed by atoms with van der Waals surface area (Å²) < 4.78 is 23.1. The fraction of sp³-hybridized carbons (Fsp3) is 1.00. The molecule has 2 aliphatic heterocycles. The molecule has 2 saturated heterocycles. The third-order valence-electron chi connectivity index (χ3n) is 7.30. The molecule has 15 heteroatoms. The van der Waals surface area contributed by atoms with Crippen LogP contribution >= 0.6 is 0 Å². The monoisotopic (exact) mass is 513 g/mol. The van der Waals surface area contributed by atoms with Crippen LogP contribution in [0.3, 0.4) is 0 Å². The summed E-state index contributed by atoms with van der Waals surface area (Å²) in [4.78, 5) is 1.51. The molecule has 3 rings (SSSR count). The van der Waals surface area contributed by atoms with Gasteiger partial charge in [0.1, 0.15) is 48.3 Å². The first-order valence-corrected chi connectivity index (χ1v) is 11.4. The third-order valence-corrected chi connectivity index (χ3v) is 7.30. The van der Waals surface area contributed by atoms with Crippen molar-refractivity contribution in [2.45, 2.75) is 98.2 Å². The van der Waals surface area contributed by atoms with E-state index in [0.29, 0.717) is 0 Å². The van der Waals surface area contributed by atoms with Crippen LogP contribution in [0.5, 0.6) is 0 Å². The van der Waals surface area contributed by atoms with E-state index >= 15 is 0 Å². The Morgan fingerprint density at radius 3 is 2.00 bits per heavy atom. The van der Waals surface area contributed by atoms with Gasteiger partial charge in [0.15, 0.2) is 12.6 Å². The van der Waals surface area contributed by atoms with Crippen molar-refractivity contribution in [1.29, 1.82) is 0 Å². The normalized spacial score (nSPS) is 53.3. The lowest BCUT2D eigenvalue weighted by molar-refractivity contribution is -0.326. The van der Waals surface area contributed by atoms with Crippen LogP contribution in [0.1, 0.15) is 6.92 Å². The molecule has 1 aliphatic carbocycles. The van der Waals surface area contributed by atoms with Gasteiger partial charge < -0.3 is 71.3 Å². The lowest BCUT2D eigenvalue weighted by atomic mass is 9.82. The first kappa shape index (κ1) is 29.0. The number of hydrogen-bond acceptors (Lipinski definition) is 15. The Hall–Kier alpha value is -0.600. The van der Waals surface area contributed by atoms with E-state index in [-0.39, 0.29) is 0 Å². The third kappa shape index (κ3) is 5.09. The van der Waals surface area contributed by atoms with Crippen LogP contribution in [-0.2, 0) is 18.9 Å². The van der Waals surface area contributed by atoms with Crippen molar-refractivity contribution in [2.24, 2.45) is 11.5 Å². The molecule has 35 heavy (non-hydrogen) atoms. The maximum atomic E-state index is 11.2. The minimum absolute atomic E-state index is 0.640. The van der Waals surface area contributed by atoms with Crippen LogP contribution in [-0.4, -0.2) is 164 Å². The number of rotatable bonds is 7. The standard InChI is InChI=1S/C20H39N3O12/c1-6-20(31,5-25)17(35-18-10(23(2)3)14(29)11(26)7(4-24)33-18)19(32-6)34-16-9(22)12(27)8(21)13(28)15(16)30/h6-19,24-31H,4-5,21-22H2,1-3H3. The Bertz CT molecular complexity index is 692. The SMILES string of the molecule is CC1OC(OC2C(N)C(O)C(N)C(O)C2O)C(OC2OC(CO)C(O)C(O)C2N(C)C)C1(O)CO. The van der Waals surface area contributed by atoms with E-state index in [4.69, 9.17) is 30.4 Å². The van der Waals surface area contributed by atoms with Gasteiger partial charge in [-0.05, 0) is 21.0 Å². The van der Waals surface area contributed by atoms with E-state index < -0.39 is 104 Å². The molecule has 3 fully saturated rings. The lowest BCUT2D eigenvalue weighted by Crippen LogP contribution is -2.70. The quantitative estimate of drug-likeness (QED) is 0.152. The van der Waals surface area contributed by atoms with Crippen LogP contribution in [0.15, 0.2) is 0 Å². The fourth-order valence-electron chi connectivity index (χ4n) is 4.86. The molecule has 0 aromatic carbocycles. The van der Waals surface area contributed by atoms with Crippen molar-refractivity contribution in [3.05, 3.63) is 0 Å². The van der Waals surface area contributed by atoms with Gasteiger partial charge >= 0.3 is 0 Å². The van der Waals surface area contributed by atoms with Gasteiger partial charge in [0.25, 0.3) is 0 Å². The number of hydrogen-bond donors (Lipinski definition) is 10. The molecule has 0 bridgehead atoms. The number of likely N-dealkylation sites (N-methyl/N-ethyl adjacent to an activating group) is 1. The van der Waals surface area contributed by atoms with Gasteiger partial charge in [-0.3, -0.25) is 4.90 Å². The van der Waals surface area contributed by atoms with Crippen molar-refractivity contribution in [2.75, 3.05) is 27.3 Å². The minimum atomic E-state index is -2.06. The Balaban J connectivity index is 1.89. The van der Waals surface area contributed by atoms with Crippen molar-refractivity contribution in [3.8, 4) is 0 Å². The number of aliphatic hydroxyl groups excluding tert-OH is 7. The molecule has 1 saturated carbocycles. The molecule has 0 aromatic rings. The molecule has 12 N–H and O–H groups in total. The molecule has 15 atom stereocenters. The largest absolute Gasteiger partial charge is 0.394 e. The molecule has 206 valence electrons. The van der Waals surface area contributed by atoms with Crippen molar-refractivity contribution < 1.29 is 59.8 Å². The lowest BCUT2D eigenvalue weighted by Gasteiger charge is -2.47. The van der Waals surface area contributed by atoms with E-state index in [2.05, 4.69) is 0 Å². The Morgan fingerprint density at radius 1 is 0.829 bits per heavy atom.